The lowest BCUT2D eigenvalue weighted by atomic mass is 10.1. The molecule has 0 bridgehead atoms. The minimum absolute atomic E-state index is 0.265. The summed E-state index contributed by atoms with van der Waals surface area (Å²) in [5.74, 6) is 0.856. The molecule has 1 aromatic carbocycles. The second-order valence-corrected chi connectivity index (χ2v) is 32.8. The van der Waals surface area contributed by atoms with Crippen molar-refractivity contribution in [3.8, 4) is 0 Å². The molecule has 1 aliphatic heterocycles. The van der Waals surface area contributed by atoms with Gasteiger partial charge in [0.05, 0.1) is 6.10 Å². The van der Waals surface area contributed by atoms with Crippen molar-refractivity contribution in [1.29, 1.82) is 0 Å². The molecule has 0 spiro atoms. The zero-order valence-corrected chi connectivity index (χ0v) is 35.5. The fourth-order valence-electron chi connectivity index (χ4n) is 9.61. The molecule has 4 nitrogen and oxygen atoms in total. The average Bonchev–Trinajstić information content (AvgIpc) is 2.92. The molecule has 0 saturated carbocycles. The SMILES string of the molecule is CC(C)[Si](O[C@H]1OC(c2ccccc2)=C[C@@H](O[Si](C(C)C)(C(C)C)C(C)C)[C@H]1O[Si](C(C)C)(C(C)C)C(C)C)(C(C)C)C(C)C. The molecule has 0 saturated heterocycles. The largest absolute Gasteiger partial charge is 0.463 e. The van der Waals surface area contributed by atoms with Gasteiger partial charge in [-0.15, -0.1) is 0 Å². The maximum Gasteiger partial charge on any atom is 0.219 e. The summed E-state index contributed by atoms with van der Waals surface area (Å²) in [6.07, 6.45) is 1.11. The van der Waals surface area contributed by atoms with Crippen LogP contribution in [0.1, 0.15) is 130 Å². The lowest BCUT2D eigenvalue weighted by molar-refractivity contribution is -0.141. The van der Waals surface area contributed by atoms with Crippen LogP contribution in [-0.2, 0) is 18.0 Å². The van der Waals surface area contributed by atoms with Crippen molar-refractivity contribution in [3.63, 3.8) is 0 Å². The highest BCUT2D eigenvalue weighted by Crippen LogP contribution is 2.50. The number of rotatable bonds is 16. The average molecular weight is 677 g/mol. The van der Waals surface area contributed by atoms with Crippen LogP contribution < -0.4 is 0 Å². The maximum absolute atomic E-state index is 7.81. The Balaban J connectivity index is 2.99. The monoisotopic (exact) mass is 676 g/mol. The van der Waals surface area contributed by atoms with Crippen LogP contribution in [0.2, 0.25) is 49.9 Å². The van der Waals surface area contributed by atoms with E-state index in [1.807, 2.05) is 0 Å². The molecule has 0 unspecified atom stereocenters. The summed E-state index contributed by atoms with van der Waals surface area (Å²) >= 11 is 0. The Hall–Kier alpha value is -0.709. The van der Waals surface area contributed by atoms with Gasteiger partial charge >= 0.3 is 0 Å². The van der Waals surface area contributed by atoms with Gasteiger partial charge in [-0.25, -0.2) is 0 Å². The molecule has 0 N–H and O–H groups in total. The summed E-state index contributed by atoms with van der Waals surface area (Å²) in [4.78, 5) is 0. The van der Waals surface area contributed by atoms with E-state index in [0.717, 1.165) is 11.3 Å². The summed E-state index contributed by atoms with van der Waals surface area (Å²) in [5.41, 5.74) is 4.98. The summed E-state index contributed by atoms with van der Waals surface area (Å²) in [6, 6.07) is 10.5. The first-order valence-electron chi connectivity index (χ1n) is 18.2. The molecule has 2 rings (SSSR count). The number of benzene rings is 1. The zero-order chi connectivity index (χ0) is 34.7. The van der Waals surface area contributed by atoms with Crippen molar-refractivity contribution in [2.24, 2.45) is 0 Å². The predicted molar refractivity (Wildman–Crippen MR) is 203 cm³/mol. The van der Waals surface area contributed by atoms with Gasteiger partial charge in [0, 0.05) is 5.56 Å². The van der Waals surface area contributed by atoms with Crippen molar-refractivity contribution < 1.29 is 18.0 Å². The van der Waals surface area contributed by atoms with E-state index in [-0.39, 0.29) is 12.2 Å². The number of hydrogen-bond acceptors (Lipinski definition) is 4. The van der Waals surface area contributed by atoms with Gasteiger partial charge in [0.1, 0.15) is 11.9 Å². The standard InChI is InChI=1S/C38H72O4Si3/c1-25(2)43(26(3)4,27(5)6)40-36-24-35(34-22-20-19-21-23-34)39-38(42-45(31(13)14,32(15)16)33(17)18)37(36)41-44(28(7)8,29(9)10)30(11)12/h19-33,36-38H,1-18H3/t36-,37-,38-/m1/s1. The third-order valence-corrected chi connectivity index (χ3v) is 29.6. The highest BCUT2D eigenvalue weighted by molar-refractivity contribution is 6.79. The first kappa shape index (κ1) is 40.5. The van der Waals surface area contributed by atoms with Gasteiger partial charge in [-0.2, -0.15) is 0 Å². The Morgan fingerprint density at radius 1 is 0.467 bits per heavy atom. The van der Waals surface area contributed by atoms with Gasteiger partial charge < -0.3 is 18.0 Å². The highest BCUT2D eigenvalue weighted by atomic mass is 28.4. The second-order valence-electron chi connectivity index (χ2n) is 16.6. The van der Waals surface area contributed by atoms with E-state index >= 15 is 0 Å². The molecular formula is C38H72O4Si3. The molecule has 0 radical (unpaired) electrons. The Morgan fingerprint density at radius 3 is 1.16 bits per heavy atom. The van der Waals surface area contributed by atoms with E-state index in [1.165, 1.54) is 0 Å². The summed E-state index contributed by atoms with van der Waals surface area (Å²) in [7, 11) is -7.02. The summed E-state index contributed by atoms with van der Waals surface area (Å²) < 4.78 is 30.3. The molecule has 3 atom stereocenters. The van der Waals surface area contributed by atoms with Gasteiger partial charge in [-0.1, -0.05) is 155 Å². The molecule has 1 aliphatic rings. The van der Waals surface area contributed by atoms with Crippen LogP contribution in [-0.4, -0.2) is 43.5 Å². The van der Waals surface area contributed by atoms with E-state index < -0.39 is 31.2 Å². The lowest BCUT2D eigenvalue weighted by Crippen LogP contribution is -2.62. The van der Waals surface area contributed by atoms with E-state index in [1.54, 1.807) is 0 Å². The predicted octanol–water partition coefficient (Wildman–Crippen LogP) is 12.7. The van der Waals surface area contributed by atoms with Crippen LogP contribution in [0.25, 0.3) is 5.76 Å². The molecule has 7 heteroatoms. The van der Waals surface area contributed by atoms with Crippen LogP contribution in [0.15, 0.2) is 36.4 Å². The minimum Gasteiger partial charge on any atom is -0.463 e. The summed E-state index contributed by atoms with van der Waals surface area (Å²) in [5, 5.41) is 0. The Labute approximate surface area is 282 Å². The van der Waals surface area contributed by atoms with E-state index in [2.05, 4.69) is 161 Å². The van der Waals surface area contributed by atoms with Crippen LogP contribution in [0.5, 0.6) is 0 Å². The quantitative estimate of drug-likeness (QED) is 0.163. The van der Waals surface area contributed by atoms with Gasteiger partial charge in [-0.3, -0.25) is 0 Å². The fourth-order valence-corrected chi connectivity index (χ4v) is 26.0. The molecule has 45 heavy (non-hydrogen) atoms. The molecular weight excluding hydrogens is 605 g/mol. The molecule has 1 aromatic rings. The molecule has 0 fully saturated rings. The number of hydrogen-bond donors (Lipinski definition) is 0. The Morgan fingerprint density at radius 2 is 0.800 bits per heavy atom. The van der Waals surface area contributed by atoms with Gasteiger partial charge in [-0.05, 0) is 55.9 Å². The molecule has 0 amide bonds. The van der Waals surface area contributed by atoms with Crippen molar-refractivity contribution in [1.82, 2.24) is 0 Å². The first-order chi connectivity index (χ1) is 20.7. The van der Waals surface area contributed by atoms with Crippen molar-refractivity contribution in [3.05, 3.63) is 42.0 Å². The van der Waals surface area contributed by atoms with E-state index in [9.17, 15) is 0 Å². The normalized spacial score (nSPS) is 20.6. The zero-order valence-electron chi connectivity index (χ0n) is 32.5. The van der Waals surface area contributed by atoms with Crippen molar-refractivity contribution >= 4 is 30.7 Å². The van der Waals surface area contributed by atoms with Gasteiger partial charge in [0.2, 0.25) is 31.2 Å². The Kier molecular flexibility index (Phi) is 14.5. The Bertz CT molecular complexity index is 997. The topological polar surface area (TPSA) is 36.9 Å². The third-order valence-electron chi connectivity index (χ3n) is 11.3. The van der Waals surface area contributed by atoms with Crippen LogP contribution in [0.3, 0.4) is 0 Å². The smallest absolute Gasteiger partial charge is 0.219 e. The lowest BCUT2D eigenvalue weighted by Gasteiger charge is -2.53. The second kappa shape index (κ2) is 16.1. The molecule has 0 aromatic heterocycles. The van der Waals surface area contributed by atoms with Gasteiger partial charge in [0.25, 0.3) is 0 Å². The summed E-state index contributed by atoms with van der Waals surface area (Å²) in [6.45, 7) is 42.6. The molecule has 1 heterocycles. The van der Waals surface area contributed by atoms with E-state index in [0.29, 0.717) is 49.9 Å². The van der Waals surface area contributed by atoms with Crippen LogP contribution in [0, 0.1) is 0 Å². The molecule has 0 aliphatic carbocycles. The van der Waals surface area contributed by atoms with Crippen LogP contribution in [0.4, 0.5) is 0 Å². The van der Waals surface area contributed by atoms with Gasteiger partial charge in [0.15, 0.2) is 0 Å². The molecule has 260 valence electrons. The maximum atomic E-state index is 7.81. The van der Waals surface area contributed by atoms with Crippen molar-refractivity contribution in [2.75, 3.05) is 0 Å². The van der Waals surface area contributed by atoms with Crippen molar-refractivity contribution in [2.45, 2.75) is 193 Å². The third kappa shape index (κ3) is 7.96. The van der Waals surface area contributed by atoms with E-state index in [4.69, 9.17) is 18.0 Å². The highest BCUT2D eigenvalue weighted by Gasteiger charge is 2.56. The minimum atomic E-state index is -2.36. The fraction of sp³-hybridized carbons (Fsp3) is 0.789. The number of ether oxygens (including phenoxy) is 1. The first-order valence-corrected chi connectivity index (χ1v) is 24.6. The van der Waals surface area contributed by atoms with Crippen LogP contribution >= 0.6 is 0 Å².